The van der Waals surface area contributed by atoms with E-state index in [1.54, 1.807) is 48.5 Å². The first-order chi connectivity index (χ1) is 16.0. The number of nitrogens with one attached hydrogen (secondary N) is 2. The summed E-state index contributed by atoms with van der Waals surface area (Å²) in [4.78, 5) is 56.6. The first kappa shape index (κ1) is 20.6. The highest BCUT2D eigenvalue weighted by Gasteiger charge is 2.29. The third-order valence-corrected chi connectivity index (χ3v) is 5.98. The molecule has 1 aliphatic heterocycles. The van der Waals surface area contributed by atoms with Crippen LogP contribution in [0.25, 0.3) is 16.7 Å². The van der Waals surface area contributed by atoms with E-state index in [-0.39, 0.29) is 34.9 Å². The number of aromatic nitrogens is 4. The number of rotatable bonds is 5. The zero-order chi connectivity index (χ0) is 22.9. The van der Waals surface area contributed by atoms with E-state index in [0.29, 0.717) is 33.5 Å². The molecule has 0 radical (unpaired) electrons. The van der Waals surface area contributed by atoms with Crippen molar-refractivity contribution in [3.05, 3.63) is 82.5 Å². The van der Waals surface area contributed by atoms with E-state index in [2.05, 4.69) is 20.4 Å². The van der Waals surface area contributed by atoms with Crippen LogP contribution in [-0.4, -0.2) is 47.5 Å². The largest absolute Gasteiger partial charge is 0.320 e. The van der Waals surface area contributed by atoms with Crippen molar-refractivity contribution in [2.75, 3.05) is 11.1 Å². The number of thioether (sulfide) groups is 1. The molecule has 3 amide bonds. The maximum absolute atomic E-state index is 13.0. The third kappa shape index (κ3) is 3.89. The van der Waals surface area contributed by atoms with Crippen molar-refractivity contribution in [2.24, 2.45) is 0 Å². The molecular weight excluding hydrogens is 444 g/mol. The van der Waals surface area contributed by atoms with E-state index in [0.717, 1.165) is 11.8 Å². The van der Waals surface area contributed by atoms with Crippen LogP contribution >= 0.6 is 11.8 Å². The summed E-state index contributed by atoms with van der Waals surface area (Å²) >= 11 is 0.970. The number of carbonyl (C=O) groups excluding carboxylic acids is 3. The lowest BCUT2D eigenvalue weighted by Crippen LogP contribution is -2.28. The third-order valence-electron chi connectivity index (χ3n) is 5.12. The maximum atomic E-state index is 13.0. The molecule has 0 spiro atoms. The number of fused-ring (bicyclic) bond motifs is 1. The number of benzene rings is 2. The zero-order valence-electron chi connectivity index (χ0n) is 17.0. The number of hydrogen-bond donors (Lipinski definition) is 2. The molecule has 0 saturated carbocycles. The van der Waals surface area contributed by atoms with Crippen LogP contribution in [0.2, 0.25) is 0 Å². The highest BCUT2D eigenvalue weighted by atomic mass is 32.2. The van der Waals surface area contributed by atoms with Crippen LogP contribution in [-0.2, 0) is 11.3 Å². The Bertz CT molecular complexity index is 1460. The van der Waals surface area contributed by atoms with E-state index < -0.39 is 0 Å². The van der Waals surface area contributed by atoms with Crippen LogP contribution in [0.4, 0.5) is 10.5 Å². The standard InChI is InChI=1S/C22H16N6O4S/c29-18-11-33-22(32)27(18)10-13-4-3-5-14(8-13)20(30)26-16-6-1-2-7-17(16)28-19-15(9-25-28)21(31)24-12-23-19/h1-9,12H,10-11H2,(H,26,30)(H,23,24,31). The quantitative estimate of drug-likeness (QED) is 0.468. The molecule has 164 valence electrons. The van der Waals surface area contributed by atoms with Crippen LogP contribution in [0, 0.1) is 0 Å². The van der Waals surface area contributed by atoms with Gasteiger partial charge in [-0.1, -0.05) is 36.0 Å². The minimum atomic E-state index is -0.375. The van der Waals surface area contributed by atoms with Crippen molar-refractivity contribution in [1.29, 1.82) is 0 Å². The van der Waals surface area contributed by atoms with E-state index in [1.165, 1.54) is 22.1 Å². The average Bonchev–Trinajstić information content (AvgIpc) is 3.39. The van der Waals surface area contributed by atoms with E-state index in [1.807, 2.05) is 0 Å². The van der Waals surface area contributed by atoms with Crippen molar-refractivity contribution >= 4 is 45.5 Å². The van der Waals surface area contributed by atoms with Gasteiger partial charge in [-0.2, -0.15) is 5.10 Å². The Morgan fingerprint density at radius 2 is 1.97 bits per heavy atom. The topological polar surface area (TPSA) is 130 Å². The molecule has 3 heterocycles. The number of imide groups is 1. The predicted molar refractivity (Wildman–Crippen MR) is 122 cm³/mol. The summed E-state index contributed by atoms with van der Waals surface area (Å²) in [5.41, 5.74) is 2.11. The average molecular weight is 460 g/mol. The van der Waals surface area contributed by atoms with Crippen LogP contribution in [0.15, 0.2) is 65.8 Å². The van der Waals surface area contributed by atoms with E-state index in [9.17, 15) is 19.2 Å². The minimum absolute atomic E-state index is 0.113. The summed E-state index contributed by atoms with van der Waals surface area (Å²) in [5, 5.41) is 7.17. The molecule has 2 aromatic carbocycles. The van der Waals surface area contributed by atoms with Crippen LogP contribution < -0.4 is 10.9 Å². The van der Waals surface area contributed by atoms with Gasteiger partial charge >= 0.3 is 0 Å². The smallest absolute Gasteiger partial charge is 0.289 e. The Morgan fingerprint density at radius 3 is 2.79 bits per heavy atom. The monoisotopic (exact) mass is 460 g/mol. The first-order valence-corrected chi connectivity index (χ1v) is 10.9. The van der Waals surface area contributed by atoms with Crippen LogP contribution in [0.3, 0.4) is 0 Å². The van der Waals surface area contributed by atoms with Gasteiger partial charge in [-0.05, 0) is 29.8 Å². The predicted octanol–water partition coefficient (Wildman–Crippen LogP) is 2.56. The number of hydrogen-bond acceptors (Lipinski definition) is 7. The molecule has 11 heteroatoms. The lowest BCUT2D eigenvalue weighted by Gasteiger charge is -2.14. The van der Waals surface area contributed by atoms with Crippen LogP contribution in [0.5, 0.6) is 0 Å². The fourth-order valence-electron chi connectivity index (χ4n) is 3.52. The number of carbonyl (C=O) groups is 3. The lowest BCUT2D eigenvalue weighted by molar-refractivity contribution is -0.125. The second-order valence-corrected chi connectivity index (χ2v) is 8.16. The molecular formula is C22H16N6O4S. The summed E-state index contributed by atoms with van der Waals surface area (Å²) < 4.78 is 1.48. The van der Waals surface area contributed by atoms with Gasteiger partial charge < -0.3 is 10.3 Å². The van der Waals surface area contributed by atoms with Crippen molar-refractivity contribution < 1.29 is 14.4 Å². The Labute approximate surface area is 190 Å². The first-order valence-electron chi connectivity index (χ1n) is 9.89. The number of nitrogens with zero attached hydrogens (tertiary/aromatic N) is 4. The summed E-state index contributed by atoms with van der Waals surface area (Å²) in [5.74, 6) is -0.480. The van der Waals surface area contributed by atoms with Gasteiger partial charge in [-0.3, -0.25) is 24.1 Å². The number of amides is 3. The van der Waals surface area contributed by atoms with Gasteiger partial charge in [0.25, 0.3) is 16.7 Å². The molecule has 0 bridgehead atoms. The van der Waals surface area contributed by atoms with Crippen molar-refractivity contribution in [3.8, 4) is 5.69 Å². The molecule has 0 atom stereocenters. The van der Waals surface area contributed by atoms with Gasteiger partial charge in [0.2, 0.25) is 5.91 Å². The molecule has 1 aliphatic rings. The number of H-pyrrole nitrogens is 1. The summed E-state index contributed by atoms with van der Waals surface area (Å²) in [6.07, 6.45) is 2.71. The van der Waals surface area contributed by atoms with Gasteiger partial charge in [0, 0.05) is 5.56 Å². The fraction of sp³-hybridized carbons (Fsp3) is 0.0909. The molecule has 2 aromatic heterocycles. The normalized spacial score (nSPS) is 13.6. The van der Waals surface area contributed by atoms with E-state index in [4.69, 9.17) is 0 Å². The molecule has 5 rings (SSSR count). The van der Waals surface area contributed by atoms with Gasteiger partial charge in [-0.25, -0.2) is 9.67 Å². The molecule has 0 unspecified atom stereocenters. The molecule has 2 N–H and O–H groups in total. The molecule has 1 saturated heterocycles. The molecule has 1 fully saturated rings. The number of anilines is 1. The highest BCUT2D eigenvalue weighted by Crippen LogP contribution is 2.24. The maximum Gasteiger partial charge on any atom is 0.289 e. The Morgan fingerprint density at radius 1 is 1.12 bits per heavy atom. The van der Waals surface area contributed by atoms with Crippen molar-refractivity contribution in [1.82, 2.24) is 24.6 Å². The fourth-order valence-corrected chi connectivity index (χ4v) is 4.24. The van der Waals surface area contributed by atoms with Crippen molar-refractivity contribution in [3.63, 3.8) is 0 Å². The Balaban J connectivity index is 1.42. The van der Waals surface area contributed by atoms with Gasteiger partial charge in [0.1, 0.15) is 5.39 Å². The molecule has 4 aromatic rings. The Hall–Kier alpha value is -4.25. The minimum Gasteiger partial charge on any atom is -0.320 e. The summed E-state index contributed by atoms with van der Waals surface area (Å²) in [6.45, 7) is 0.113. The zero-order valence-corrected chi connectivity index (χ0v) is 17.8. The molecule has 33 heavy (non-hydrogen) atoms. The van der Waals surface area contributed by atoms with Gasteiger partial charge in [-0.15, -0.1) is 0 Å². The van der Waals surface area contributed by atoms with Crippen molar-refractivity contribution in [2.45, 2.75) is 6.54 Å². The summed E-state index contributed by atoms with van der Waals surface area (Å²) in [6, 6.07) is 13.8. The van der Waals surface area contributed by atoms with Crippen LogP contribution in [0.1, 0.15) is 15.9 Å². The summed E-state index contributed by atoms with van der Waals surface area (Å²) in [7, 11) is 0. The lowest BCUT2D eigenvalue weighted by atomic mass is 10.1. The number of para-hydroxylation sites is 2. The van der Waals surface area contributed by atoms with E-state index >= 15 is 0 Å². The second-order valence-electron chi connectivity index (χ2n) is 7.23. The Kier molecular flexibility index (Phi) is 5.23. The number of aromatic amines is 1. The highest BCUT2D eigenvalue weighted by molar-refractivity contribution is 8.14. The van der Waals surface area contributed by atoms with Gasteiger partial charge in [0.05, 0.1) is 36.2 Å². The molecule has 0 aliphatic carbocycles. The van der Waals surface area contributed by atoms with Gasteiger partial charge in [0.15, 0.2) is 5.65 Å². The molecule has 10 nitrogen and oxygen atoms in total. The SMILES string of the molecule is O=C(Nc1ccccc1-n1ncc2c(=O)[nH]cnc21)c1cccc(CN2C(=O)CSC2=O)c1. The second kappa shape index (κ2) is 8.36.